The Bertz CT molecular complexity index is 650. The maximum absolute atomic E-state index is 12.0. The molecular formula is C17H22ClN3O2. The van der Waals surface area contributed by atoms with Gasteiger partial charge in [-0.25, -0.2) is 0 Å². The van der Waals surface area contributed by atoms with E-state index in [0.29, 0.717) is 29.1 Å². The molecule has 0 radical (unpaired) electrons. The molecule has 2 aromatic rings. The molecule has 2 rings (SSSR count). The molecule has 0 saturated heterocycles. The van der Waals surface area contributed by atoms with Crippen LogP contribution in [0.25, 0.3) is 11.4 Å². The third-order valence-corrected chi connectivity index (χ3v) is 3.64. The molecule has 0 bridgehead atoms. The van der Waals surface area contributed by atoms with Gasteiger partial charge in [0.2, 0.25) is 17.6 Å². The summed E-state index contributed by atoms with van der Waals surface area (Å²) in [6, 6.07) is 6.92. The molecule has 0 aliphatic rings. The third kappa shape index (κ3) is 4.79. The van der Waals surface area contributed by atoms with Crippen molar-refractivity contribution in [2.24, 2.45) is 11.8 Å². The largest absolute Gasteiger partial charge is 0.344 e. The summed E-state index contributed by atoms with van der Waals surface area (Å²) in [5.74, 6) is 1.34. The summed E-state index contributed by atoms with van der Waals surface area (Å²) in [4.78, 5) is 16.5. The van der Waals surface area contributed by atoms with Crippen LogP contribution in [0.5, 0.6) is 0 Å². The van der Waals surface area contributed by atoms with Gasteiger partial charge in [0.1, 0.15) is 6.04 Å². The number of halogens is 1. The molecule has 1 N–H and O–H groups in total. The first-order chi connectivity index (χ1) is 10.9. The van der Waals surface area contributed by atoms with E-state index in [9.17, 15) is 4.79 Å². The Morgan fingerprint density at radius 3 is 2.43 bits per heavy atom. The number of hydrogen-bond donors (Lipinski definition) is 1. The Balaban J connectivity index is 2.17. The van der Waals surface area contributed by atoms with Crippen molar-refractivity contribution in [2.75, 3.05) is 0 Å². The predicted octanol–water partition coefficient (Wildman–Crippen LogP) is 4.25. The second-order valence-corrected chi connectivity index (χ2v) is 6.79. The van der Waals surface area contributed by atoms with Gasteiger partial charge >= 0.3 is 0 Å². The van der Waals surface area contributed by atoms with Crippen LogP contribution in [0.4, 0.5) is 0 Å². The Morgan fingerprint density at radius 1 is 1.22 bits per heavy atom. The van der Waals surface area contributed by atoms with E-state index in [2.05, 4.69) is 15.5 Å². The highest BCUT2D eigenvalue weighted by molar-refractivity contribution is 6.30. The normalized spacial score (nSPS) is 12.7. The molecule has 0 saturated carbocycles. The molecule has 1 aromatic heterocycles. The Kier molecular flexibility index (Phi) is 5.77. The van der Waals surface area contributed by atoms with Gasteiger partial charge < -0.3 is 9.84 Å². The Labute approximate surface area is 141 Å². The van der Waals surface area contributed by atoms with E-state index in [1.165, 1.54) is 0 Å². The van der Waals surface area contributed by atoms with Crippen LogP contribution < -0.4 is 5.32 Å². The minimum Gasteiger partial charge on any atom is -0.344 e. The van der Waals surface area contributed by atoms with Gasteiger partial charge in [0, 0.05) is 17.0 Å². The van der Waals surface area contributed by atoms with Gasteiger partial charge in [0.15, 0.2) is 0 Å². The smallest absolute Gasteiger partial charge is 0.249 e. The molecule has 23 heavy (non-hydrogen) atoms. The van der Waals surface area contributed by atoms with E-state index in [4.69, 9.17) is 16.1 Å². The molecule has 1 aromatic carbocycles. The molecule has 124 valence electrons. The van der Waals surface area contributed by atoms with Crippen molar-refractivity contribution in [1.82, 2.24) is 15.5 Å². The summed E-state index contributed by atoms with van der Waals surface area (Å²) in [7, 11) is 0. The molecular weight excluding hydrogens is 314 g/mol. The Hall–Kier alpha value is -1.88. The first-order valence-corrected chi connectivity index (χ1v) is 8.13. The third-order valence-electron chi connectivity index (χ3n) is 3.39. The van der Waals surface area contributed by atoms with Crippen LogP contribution in [0, 0.1) is 11.8 Å². The van der Waals surface area contributed by atoms with Crippen LogP contribution in [0.15, 0.2) is 28.8 Å². The van der Waals surface area contributed by atoms with Crippen LogP contribution in [0.2, 0.25) is 5.02 Å². The summed E-state index contributed by atoms with van der Waals surface area (Å²) in [6.45, 7) is 8.03. The monoisotopic (exact) mass is 335 g/mol. The molecule has 1 atom stereocenters. The summed E-state index contributed by atoms with van der Waals surface area (Å²) in [5.41, 5.74) is 0.820. The second kappa shape index (κ2) is 7.59. The molecule has 1 heterocycles. The van der Waals surface area contributed by atoms with Gasteiger partial charge in [-0.15, -0.1) is 0 Å². The number of carbonyl (C=O) groups excluding carboxylic acids is 1. The lowest BCUT2D eigenvalue weighted by atomic mass is 10.0. The predicted molar refractivity (Wildman–Crippen MR) is 89.9 cm³/mol. The number of nitrogens with one attached hydrogen (secondary N) is 1. The first-order valence-electron chi connectivity index (χ1n) is 7.75. The minimum absolute atomic E-state index is 0.00931. The lowest BCUT2D eigenvalue weighted by Gasteiger charge is -2.19. The van der Waals surface area contributed by atoms with E-state index in [1.54, 1.807) is 12.1 Å². The van der Waals surface area contributed by atoms with Gasteiger partial charge in [0.25, 0.3) is 0 Å². The number of carbonyl (C=O) groups is 1. The Morgan fingerprint density at radius 2 is 1.87 bits per heavy atom. The molecule has 0 aliphatic carbocycles. The van der Waals surface area contributed by atoms with E-state index in [1.807, 2.05) is 39.8 Å². The van der Waals surface area contributed by atoms with Gasteiger partial charge in [-0.3, -0.25) is 4.79 Å². The van der Waals surface area contributed by atoms with E-state index in [0.717, 1.165) is 5.56 Å². The lowest BCUT2D eigenvalue weighted by molar-refractivity contribution is -0.123. The molecule has 1 amide bonds. The van der Waals surface area contributed by atoms with E-state index < -0.39 is 0 Å². The highest BCUT2D eigenvalue weighted by atomic mass is 35.5. The van der Waals surface area contributed by atoms with Gasteiger partial charge in [-0.1, -0.05) is 44.5 Å². The fourth-order valence-corrected chi connectivity index (χ4v) is 2.32. The number of rotatable bonds is 6. The molecule has 0 spiro atoms. The van der Waals surface area contributed by atoms with Crippen molar-refractivity contribution < 1.29 is 9.32 Å². The van der Waals surface area contributed by atoms with E-state index >= 15 is 0 Å². The van der Waals surface area contributed by atoms with Crippen LogP contribution in [0.1, 0.15) is 46.0 Å². The average Bonchev–Trinajstić information content (AvgIpc) is 2.94. The first kappa shape index (κ1) is 17.5. The molecule has 0 fully saturated rings. The highest BCUT2D eigenvalue weighted by Gasteiger charge is 2.25. The van der Waals surface area contributed by atoms with Crippen LogP contribution in [-0.4, -0.2) is 16.0 Å². The van der Waals surface area contributed by atoms with Crippen molar-refractivity contribution in [1.29, 1.82) is 0 Å². The van der Waals surface area contributed by atoms with E-state index in [-0.39, 0.29) is 17.9 Å². The number of aromatic nitrogens is 2. The van der Waals surface area contributed by atoms with Gasteiger partial charge in [-0.05, 0) is 36.1 Å². The lowest BCUT2D eigenvalue weighted by Crippen LogP contribution is -2.32. The second-order valence-electron chi connectivity index (χ2n) is 6.35. The van der Waals surface area contributed by atoms with Crippen molar-refractivity contribution in [3.05, 3.63) is 35.2 Å². The molecule has 6 heteroatoms. The average molecular weight is 336 g/mol. The summed E-state index contributed by atoms with van der Waals surface area (Å²) in [5, 5.41) is 7.64. The molecule has 1 unspecified atom stereocenters. The van der Waals surface area contributed by atoms with Gasteiger partial charge in [0.05, 0.1) is 0 Å². The maximum atomic E-state index is 12.0. The zero-order valence-electron chi connectivity index (χ0n) is 13.8. The zero-order valence-corrected chi connectivity index (χ0v) is 14.6. The molecule has 0 aliphatic heterocycles. The number of benzene rings is 1. The SMILES string of the molecule is CC(C)CC(=O)NC(c1nc(-c2ccc(Cl)cc2)no1)C(C)C. The summed E-state index contributed by atoms with van der Waals surface area (Å²) < 4.78 is 5.37. The number of hydrogen-bond acceptors (Lipinski definition) is 4. The summed E-state index contributed by atoms with van der Waals surface area (Å²) >= 11 is 5.88. The van der Waals surface area contributed by atoms with Crippen LogP contribution in [-0.2, 0) is 4.79 Å². The van der Waals surface area contributed by atoms with Crippen LogP contribution in [0.3, 0.4) is 0 Å². The quantitative estimate of drug-likeness (QED) is 0.856. The number of nitrogens with zero attached hydrogens (tertiary/aromatic N) is 2. The van der Waals surface area contributed by atoms with Crippen molar-refractivity contribution >= 4 is 17.5 Å². The van der Waals surface area contributed by atoms with Crippen LogP contribution >= 0.6 is 11.6 Å². The highest BCUT2D eigenvalue weighted by Crippen LogP contribution is 2.24. The van der Waals surface area contributed by atoms with Crippen molar-refractivity contribution in [2.45, 2.75) is 40.2 Å². The standard InChI is InChI=1S/C17H22ClN3O2/c1-10(2)9-14(22)19-15(11(3)4)17-20-16(21-23-17)12-5-7-13(18)8-6-12/h5-8,10-11,15H,9H2,1-4H3,(H,19,22). The fraction of sp³-hybridized carbons (Fsp3) is 0.471. The molecule has 5 nitrogen and oxygen atoms in total. The van der Waals surface area contributed by atoms with Gasteiger partial charge in [-0.2, -0.15) is 4.98 Å². The van der Waals surface area contributed by atoms with Crippen molar-refractivity contribution in [3.8, 4) is 11.4 Å². The fourth-order valence-electron chi connectivity index (χ4n) is 2.19. The zero-order chi connectivity index (χ0) is 17.0. The summed E-state index contributed by atoms with van der Waals surface area (Å²) in [6.07, 6.45) is 0.474. The topological polar surface area (TPSA) is 68.0 Å². The maximum Gasteiger partial charge on any atom is 0.249 e. The number of amides is 1. The van der Waals surface area contributed by atoms with Crippen molar-refractivity contribution in [3.63, 3.8) is 0 Å². The minimum atomic E-state index is -0.296.